The van der Waals surface area contributed by atoms with Crippen LogP contribution in [-0.4, -0.2) is 114 Å². The van der Waals surface area contributed by atoms with E-state index in [1.807, 2.05) is 19.0 Å². The number of carbonyl (C=O) groups excluding carboxylic acids is 3. The lowest BCUT2D eigenvalue weighted by Gasteiger charge is -2.28. The van der Waals surface area contributed by atoms with Gasteiger partial charge in [0.25, 0.3) is 0 Å². The van der Waals surface area contributed by atoms with Gasteiger partial charge < -0.3 is 38.2 Å². The molecule has 0 saturated carbocycles. The molecule has 0 atom stereocenters. The average Bonchev–Trinajstić information content (AvgIpc) is 3.33. The SMILES string of the molecule is CC/C=C\CCCCOC(CCC(=O)OCC(COC(=O)CCC(OCCCC/C=C\CC)OCCCC/C=C\CC)CN(CCCN(C)C)C(=O)CCCCCCC)OCCCC/C=C\CC. The topological polar surface area (TPSA) is 113 Å². The summed E-state index contributed by atoms with van der Waals surface area (Å²) in [5.41, 5.74) is 0. The van der Waals surface area contributed by atoms with E-state index in [9.17, 15) is 14.4 Å². The molecule has 0 aromatic carbocycles. The third-order valence-electron chi connectivity index (χ3n) is 11.4. The molecule has 0 saturated heterocycles. The summed E-state index contributed by atoms with van der Waals surface area (Å²) in [5, 5.41) is 0. The molecule has 0 aliphatic carbocycles. The van der Waals surface area contributed by atoms with E-state index in [1.54, 1.807) is 0 Å². The summed E-state index contributed by atoms with van der Waals surface area (Å²) in [6.45, 7) is 14.8. The van der Waals surface area contributed by atoms with E-state index >= 15 is 0 Å². The van der Waals surface area contributed by atoms with Crippen molar-refractivity contribution in [3.8, 4) is 0 Å². The number of ether oxygens (including phenoxy) is 6. The number of esters is 2. The maximum Gasteiger partial charge on any atom is 0.305 e. The van der Waals surface area contributed by atoms with E-state index in [0.717, 1.165) is 141 Å². The molecule has 0 unspecified atom stereocenters. The fraction of sp³-hybridized carbons (Fsp3) is 0.807. The number of amides is 1. The zero-order valence-corrected chi connectivity index (χ0v) is 44.9. The van der Waals surface area contributed by atoms with Gasteiger partial charge in [-0.15, -0.1) is 0 Å². The Balaban J connectivity index is 5.83. The zero-order valence-electron chi connectivity index (χ0n) is 44.9. The van der Waals surface area contributed by atoms with Gasteiger partial charge in [0.2, 0.25) is 5.91 Å². The van der Waals surface area contributed by atoms with Gasteiger partial charge in [0.1, 0.15) is 0 Å². The first-order valence-corrected chi connectivity index (χ1v) is 27.5. The summed E-state index contributed by atoms with van der Waals surface area (Å²) in [5.74, 6) is -1.05. The first-order chi connectivity index (χ1) is 33.2. The van der Waals surface area contributed by atoms with Crippen LogP contribution in [0.15, 0.2) is 48.6 Å². The number of allylic oxidation sites excluding steroid dienone is 8. The Morgan fingerprint density at radius 1 is 0.441 bits per heavy atom. The van der Waals surface area contributed by atoms with Crippen LogP contribution >= 0.6 is 0 Å². The van der Waals surface area contributed by atoms with Crippen LogP contribution in [0.25, 0.3) is 0 Å². The molecule has 11 nitrogen and oxygen atoms in total. The van der Waals surface area contributed by atoms with Gasteiger partial charge in [-0.25, -0.2) is 0 Å². The molecule has 0 spiro atoms. The van der Waals surface area contributed by atoms with Crippen molar-refractivity contribution in [2.24, 2.45) is 5.92 Å². The first-order valence-electron chi connectivity index (χ1n) is 27.5. The highest BCUT2D eigenvalue weighted by atomic mass is 16.7. The fourth-order valence-electron chi connectivity index (χ4n) is 7.32. The highest BCUT2D eigenvalue weighted by Crippen LogP contribution is 2.16. The standard InChI is InChI=1S/C57H104N2O9/c1-8-13-18-23-28-33-45-63-56(64-46-34-29-24-19-14-9-2)41-39-54(61)67-50-52(49-59(44-37-43-58(6)7)53(60)38-32-27-22-17-12-5)51-68-55(62)40-42-57(65-47-35-30-25-20-15-10-3)66-48-36-31-26-21-16-11-4/h13-16,18-21,52,56-57H,8-12,17,22-51H2,1-7H3/b18-13-,19-14-,20-15-,21-16-. The number of unbranched alkanes of at least 4 members (excludes halogenated alkanes) is 12. The third kappa shape index (κ3) is 44.4. The lowest BCUT2D eigenvalue weighted by atomic mass is 10.1. The maximum atomic E-state index is 13.7. The molecular weight excluding hydrogens is 857 g/mol. The summed E-state index contributed by atoms with van der Waals surface area (Å²) in [4.78, 5) is 44.5. The van der Waals surface area contributed by atoms with Crippen molar-refractivity contribution in [1.29, 1.82) is 0 Å². The van der Waals surface area contributed by atoms with Gasteiger partial charge in [-0.1, -0.05) is 109 Å². The summed E-state index contributed by atoms with van der Waals surface area (Å²) in [6.07, 6.45) is 40.2. The van der Waals surface area contributed by atoms with Crippen molar-refractivity contribution in [1.82, 2.24) is 9.80 Å². The average molecular weight is 961 g/mol. The van der Waals surface area contributed by atoms with Gasteiger partial charge in [0, 0.05) is 64.7 Å². The lowest BCUT2D eigenvalue weighted by molar-refractivity contribution is -0.163. The van der Waals surface area contributed by atoms with Crippen molar-refractivity contribution in [2.75, 3.05) is 73.4 Å². The molecule has 11 heteroatoms. The third-order valence-corrected chi connectivity index (χ3v) is 11.4. The molecule has 0 bridgehead atoms. The highest BCUT2D eigenvalue weighted by molar-refractivity contribution is 5.76. The summed E-state index contributed by atoms with van der Waals surface area (Å²) in [6, 6.07) is 0. The number of hydrogen-bond donors (Lipinski definition) is 0. The fourth-order valence-corrected chi connectivity index (χ4v) is 7.32. The molecule has 0 radical (unpaired) electrons. The second-order valence-corrected chi connectivity index (χ2v) is 18.3. The van der Waals surface area contributed by atoms with Crippen LogP contribution in [0.4, 0.5) is 0 Å². The molecule has 0 rings (SSSR count). The molecular formula is C57H104N2O9. The van der Waals surface area contributed by atoms with Gasteiger partial charge in [0.05, 0.1) is 26.1 Å². The van der Waals surface area contributed by atoms with Crippen molar-refractivity contribution < 1.29 is 42.8 Å². The van der Waals surface area contributed by atoms with E-state index in [-0.39, 0.29) is 43.9 Å². The molecule has 0 aliphatic rings. The van der Waals surface area contributed by atoms with E-state index in [0.29, 0.717) is 58.8 Å². The van der Waals surface area contributed by atoms with Crippen LogP contribution in [0.2, 0.25) is 0 Å². The monoisotopic (exact) mass is 961 g/mol. The Morgan fingerprint density at radius 3 is 1.21 bits per heavy atom. The van der Waals surface area contributed by atoms with Crippen LogP contribution in [0, 0.1) is 5.92 Å². The smallest absolute Gasteiger partial charge is 0.305 e. The molecule has 0 fully saturated rings. The quantitative estimate of drug-likeness (QED) is 0.0253. The number of nitrogens with zero attached hydrogens (tertiary/aromatic N) is 2. The Kier molecular flexibility index (Phi) is 48.5. The Morgan fingerprint density at radius 2 is 0.838 bits per heavy atom. The zero-order chi connectivity index (χ0) is 50.0. The van der Waals surface area contributed by atoms with Gasteiger partial charge in [-0.05, 0) is 136 Å². The normalized spacial score (nSPS) is 12.2. The largest absolute Gasteiger partial charge is 0.465 e. The van der Waals surface area contributed by atoms with Crippen molar-refractivity contribution >= 4 is 17.8 Å². The molecule has 0 aromatic heterocycles. The van der Waals surface area contributed by atoms with Gasteiger partial charge >= 0.3 is 11.9 Å². The van der Waals surface area contributed by atoms with Crippen LogP contribution in [0.1, 0.15) is 208 Å². The number of rotatable bonds is 50. The van der Waals surface area contributed by atoms with Crippen LogP contribution in [0.5, 0.6) is 0 Å². The Bertz CT molecular complexity index is 1150. The first kappa shape index (κ1) is 65.2. The van der Waals surface area contributed by atoms with Crippen LogP contribution in [0.3, 0.4) is 0 Å². The van der Waals surface area contributed by atoms with E-state index < -0.39 is 18.5 Å². The van der Waals surface area contributed by atoms with E-state index in [4.69, 9.17) is 28.4 Å². The van der Waals surface area contributed by atoms with Gasteiger partial charge in [-0.3, -0.25) is 14.4 Å². The summed E-state index contributed by atoms with van der Waals surface area (Å²) in [7, 11) is 4.06. The van der Waals surface area contributed by atoms with E-state index in [2.05, 4.69) is 88.1 Å². The van der Waals surface area contributed by atoms with Crippen LogP contribution < -0.4 is 0 Å². The Labute approximate surface area is 417 Å². The van der Waals surface area contributed by atoms with Gasteiger partial charge in [-0.2, -0.15) is 0 Å². The molecule has 1 amide bonds. The summed E-state index contributed by atoms with van der Waals surface area (Å²) >= 11 is 0. The highest BCUT2D eigenvalue weighted by Gasteiger charge is 2.23. The van der Waals surface area contributed by atoms with Crippen molar-refractivity contribution in [3.63, 3.8) is 0 Å². The second kappa shape index (κ2) is 50.6. The molecule has 0 aromatic rings. The predicted octanol–water partition coefficient (Wildman–Crippen LogP) is 13.7. The minimum atomic E-state index is -0.499. The van der Waals surface area contributed by atoms with Crippen LogP contribution in [-0.2, 0) is 42.8 Å². The molecule has 0 heterocycles. The molecule has 68 heavy (non-hydrogen) atoms. The maximum absolute atomic E-state index is 13.7. The minimum Gasteiger partial charge on any atom is -0.465 e. The summed E-state index contributed by atoms with van der Waals surface area (Å²) < 4.78 is 36.5. The predicted molar refractivity (Wildman–Crippen MR) is 282 cm³/mol. The second-order valence-electron chi connectivity index (χ2n) is 18.3. The van der Waals surface area contributed by atoms with E-state index in [1.165, 1.54) is 6.42 Å². The molecule has 0 N–H and O–H groups in total. The minimum absolute atomic E-state index is 0.0265. The van der Waals surface area contributed by atoms with Crippen molar-refractivity contribution in [2.45, 2.75) is 221 Å². The lowest BCUT2D eigenvalue weighted by Crippen LogP contribution is -2.40. The van der Waals surface area contributed by atoms with Crippen molar-refractivity contribution in [3.05, 3.63) is 48.6 Å². The number of carbonyl (C=O) groups is 3. The van der Waals surface area contributed by atoms with Gasteiger partial charge in [0.15, 0.2) is 12.6 Å². The molecule has 396 valence electrons. The molecule has 0 aliphatic heterocycles. The number of hydrogen-bond acceptors (Lipinski definition) is 10. The Hall–Kier alpha value is -2.83.